The third-order valence-electron chi connectivity index (χ3n) is 3.79. The summed E-state index contributed by atoms with van der Waals surface area (Å²) in [6.45, 7) is 0.497. The van der Waals surface area contributed by atoms with Crippen molar-refractivity contribution in [3.63, 3.8) is 0 Å². The van der Waals surface area contributed by atoms with Gasteiger partial charge in [-0.1, -0.05) is 40.2 Å². The molecule has 2 aromatic carbocycles. The Bertz CT molecular complexity index is 763. The summed E-state index contributed by atoms with van der Waals surface area (Å²) in [6.07, 6.45) is 0.711. The van der Waals surface area contributed by atoms with Gasteiger partial charge in [-0.05, 0) is 24.3 Å². The van der Waals surface area contributed by atoms with Crippen molar-refractivity contribution in [2.24, 2.45) is 0 Å². The molecule has 5 nitrogen and oxygen atoms in total. The number of ether oxygens (including phenoxy) is 1. The number of para-hydroxylation sites is 1. The van der Waals surface area contributed by atoms with Gasteiger partial charge >= 0.3 is 0 Å². The van der Waals surface area contributed by atoms with Crippen LogP contribution in [0.15, 0.2) is 53.0 Å². The molecule has 0 aliphatic carbocycles. The van der Waals surface area contributed by atoms with Crippen molar-refractivity contribution in [1.82, 2.24) is 10.6 Å². The van der Waals surface area contributed by atoms with E-state index in [4.69, 9.17) is 4.74 Å². The molecule has 24 heavy (non-hydrogen) atoms. The number of benzene rings is 2. The molecule has 1 unspecified atom stereocenters. The molecule has 2 amide bonds. The van der Waals surface area contributed by atoms with E-state index in [1.165, 1.54) is 0 Å². The van der Waals surface area contributed by atoms with E-state index in [9.17, 15) is 9.59 Å². The monoisotopic (exact) mass is 388 g/mol. The van der Waals surface area contributed by atoms with Crippen LogP contribution in [0.3, 0.4) is 0 Å². The van der Waals surface area contributed by atoms with Crippen LogP contribution in [0.25, 0.3) is 0 Å². The second kappa shape index (κ2) is 7.49. The van der Waals surface area contributed by atoms with Crippen molar-refractivity contribution in [1.29, 1.82) is 0 Å². The van der Waals surface area contributed by atoms with Crippen LogP contribution in [0, 0.1) is 0 Å². The summed E-state index contributed by atoms with van der Waals surface area (Å²) in [5.41, 5.74) is 1.48. The third-order valence-corrected chi connectivity index (χ3v) is 4.28. The van der Waals surface area contributed by atoms with Crippen molar-refractivity contribution in [2.75, 3.05) is 13.2 Å². The van der Waals surface area contributed by atoms with E-state index in [0.29, 0.717) is 18.6 Å². The van der Waals surface area contributed by atoms with Gasteiger partial charge in [0.1, 0.15) is 5.75 Å². The van der Waals surface area contributed by atoms with Crippen LogP contribution in [-0.4, -0.2) is 25.0 Å². The van der Waals surface area contributed by atoms with Crippen molar-refractivity contribution in [2.45, 2.75) is 12.5 Å². The molecule has 1 aliphatic rings. The normalized spacial score (nSPS) is 15.8. The number of rotatable bonds is 4. The Morgan fingerprint density at radius 1 is 1.17 bits per heavy atom. The second-order valence-corrected chi connectivity index (χ2v) is 6.40. The first-order chi connectivity index (χ1) is 11.6. The van der Waals surface area contributed by atoms with E-state index in [1.54, 1.807) is 18.2 Å². The number of nitrogens with one attached hydrogen (secondary N) is 2. The fourth-order valence-electron chi connectivity index (χ4n) is 2.63. The molecule has 0 saturated heterocycles. The molecule has 0 bridgehead atoms. The Labute approximate surface area is 148 Å². The zero-order chi connectivity index (χ0) is 16.9. The maximum atomic E-state index is 12.1. The lowest BCUT2D eigenvalue weighted by atomic mass is 10.0. The number of amides is 2. The van der Waals surface area contributed by atoms with Crippen LogP contribution in [-0.2, 0) is 4.79 Å². The van der Waals surface area contributed by atoms with E-state index in [-0.39, 0.29) is 24.4 Å². The van der Waals surface area contributed by atoms with Gasteiger partial charge in [0.15, 0.2) is 0 Å². The number of hydrogen-bond donors (Lipinski definition) is 2. The van der Waals surface area contributed by atoms with E-state index >= 15 is 0 Å². The average molecular weight is 389 g/mol. The second-order valence-electron chi connectivity index (χ2n) is 5.49. The van der Waals surface area contributed by atoms with E-state index in [0.717, 1.165) is 15.8 Å². The van der Waals surface area contributed by atoms with Crippen molar-refractivity contribution >= 4 is 27.7 Å². The number of halogens is 1. The quantitative estimate of drug-likeness (QED) is 0.845. The molecule has 3 rings (SSSR count). The smallest absolute Gasteiger partial charge is 0.251 e. The maximum absolute atomic E-state index is 12.1. The molecule has 6 heteroatoms. The molecule has 124 valence electrons. The first-order valence-corrected chi connectivity index (χ1v) is 8.47. The molecular weight excluding hydrogens is 372 g/mol. The molecule has 1 atom stereocenters. The third kappa shape index (κ3) is 3.94. The fraction of sp³-hybridized carbons (Fsp3) is 0.222. The van der Waals surface area contributed by atoms with Crippen molar-refractivity contribution in [3.05, 3.63) is 64.1 Å². The van der Waals surface area contributed by atoms with E-state index in [1.807, 2.05) is 30.3 Å². The zero-order valence-corrected chi connectivity index (χ0v) is 14.5. The van der Waals surface area contributed by atoms with Crippen LogP contribution in [0.1, 0.15) is 28.4 Å². The minimum absolute atomic E-state index is 0.0646. The highest BCUT2D eigenvalue weighted by molar-refractivity contribution is 9.10. The van der Waals surface area contributed by atoms with Crippen molar-refractivity contribution in [3.8, 4) is 5.75 Å². The van der Waals surface area contributed by atoms with Gasteiger partial charge in [0.05, 0.1) is 19.2 Å². The Morgan fingerprint density at radius 2 is 2.00 bits per heavy atom. The Hall–Kier alpha value is -2.34. The predicted molar refractivity (Wildman–Crippen MR) is 93.9 cm³/mol. The van der Waals surface area contributed by atoms with Crippen LogP contribution in [0.2, 0.25) is 0 Å². The van der Waals surface area contributed by atoms with E-state index < -0.39 is 0 Å². The topological polar surface area (TPSA) is 67.4 Å². The summed E-state index contributed by atoms with van der Waals surface area (Å²) in [7, 11) is 0. The summed E-state index contributed by atoms with van der Waals surface area (Å²) < 4.78 is 6.39. The summed E-state index contributed by atoms with van der Waals surface area (Å²) in [5, 5.41) is 5.59. The highest BCUT2D eigenvalue weighted by atomic mass is 79.9. The Kier molecular flexibility index (Phi) is 5.15. The predicted octanol–water partition coefficient (Wildman–Crippen LogP) is 2.82. The lowest BCUT2D eigenvalue weighted by Crippen LogP contribution is -2.39. The standard InChI is InChI=1S/C18H17BrN2O3/c19-13-5-3-4-12(10-13)18(23)20-11-17(22)21-15-8-9-24-16-7-2-1-6-14(15)16/h1-7,10,15H,8-9,11H2,(H,20,23)(H,21,22). The first kappa shape index (κ1) is 16.5. The molecule has 2 N–H and O–H groups in total. The van der Waals surface area contributed by atoms with Gasteiger partial charge in [-0.3, -0.25) is 9.59 Å². The minimum atomic E-state index is -0.279. The van der Waals surface area contributed by atoms with Gasteiger partial charge in [0.25, 0.3) is 5.91 Å². The molecular formula is C18H17BrN2O3. The van der Waals surface area contributed by atoms with Crippen LogP contribution in [0.5, 0.6) is 5.75 Å². The summed E-state index contributed by atoms with van der Waals surface area (Å²) >= 11 is 3.32. The number of hydrogen-bond acceptors (Lipinski definition) is 3. The van der Waals surface area contributed by atoms with Gasteiger partial charge in [-0.15, -0.1) is 0 Å². The molecule has 0 spiro atoms. The van der Waals surface area contributed by atoms with Crippen LogP contribution >= 0.6 is 15.9 Å². The largest absolute Gasteiger partial charge is 0.493 e. The molecule has 0 fully saturated rings. The van der Waals surface area contributed by atoms with Gasteiger partial charge in [0.2, 0.25) is 5.91 Å². The van der Waals surface area contributed by atoms with Gasteiger partial charge in [-0.2, -0.15) is 0 Å². The molecule has 1 aliphatic heterocycles. The lowest BCUT2D eigenvalue weighted by Gasteiger charge is -2.26. The highest BCUT2D eigenvalue weighted by Crippen LogP contribution is 2.31. The maximum Gasteiger partial charge on any atom is 0.251 e. The number of fused-ring (bicyclic) bond motifs is 1. The van der Waals surface area contributed by atoms with Crippen molar-refractivity contribution < 1.29 is 14.3 Å². The summed E-state index contributed by atoms with van der Waals surface area (Å²) in [5.74, 6) is 0.297. The van der Waals surface area contributed by atoms with E-state index in [2.05, 4.69) is 26.6 Å². The summed E-state index contributed by atoms with van der Waals surface area (Å²) in [6, 6.07) is 14.6. The highest BCUT2D eigenvalue weighted by Gasteiger charge is 2.22. The minimum Gasteiger partial charge on any atom is -0.493 e. The summed E-state index contributed by atoms with van der Waals surface area (Å²) in [4.78, 5) is 24.2. The molecule has 0 saturated carbocycles. The van der Waals surface area contributed by atoms with Gasteiger partial charge in [-0.25, -0.2) is 0 Å². The molecule has 2 aromatic rings. The lowest BCUT2D eigenvalue weighted by molar-refractivity contribution is -0.121. The Balaban J connectivity index is 1.56. The first-order valence-electron chi connectivity index (χ1n) is 7.68. The van der Waals surface area contributed by atoms with Crippen LogP contribution < -0.4 is 15.4 Å². The molecule has 0 aromatic heterocycles. The Morgan fingerprint density at radius 3 is 2.83 bits per heavy atom. The van der Waals surface area contributed by atoms with Gasteiger partial charge in [0, 0.05) is 22.0 Å². The fourth-order valence-corrected chi connectivity index (χ4v) is 3.03. The SMILES string of the molecule is O=C(CNC(=O)c1cccc(Br)c1)NC1CCOc2ccccc21. The number of carbonyl (C=O) groups excluding carboxylic acids is 2. The molecule has 1 heterocycles. The zero-order valence-electron chi connectivity index (χ0n) is 12.9. The number of carbonyl (C=O) groups is 2. The van der Waals surface area contributed by atoms with Crippen LogP contribution in [0.4, 0.5) is 0 Å². The molecule has 0 radical (unpaired) electrons. The average Bonchev–Trinajstić information content (AvgIpc) is 2.60. The van der Waals surface area contributed by atoms with Gasteiger partial charge < -0.3 is 15.4 Å².